The van der Waals surface area contributed by atoms with Gasteiger partial charge in [-0.2, -0.15) is 0 Å². The predicted molar refractivity (Wildman–Crippen MR) is 78.5 cm³/mol. The van der Waals surface area contributed by atoms with Crippen molar-refractivity contribution >= 4 is 5.69 Å². The maximum absolute atomic E-state index is 9.93. The van der Waals surface area contributed by atoms with Crippen molar-refractivity contribution in [3.05, 3.63) is 29.8 Å². The minimum absolute atomic E-state index is 0.388. The molecule has 0 radical (unpaired) electrons. The van der Waals surface area contributed by atoms with Crippen molar-refractivity contribution in [2.75, 3.05) is 31.1 Å². The van der Waals surface area contributed by atoms with E-state index < -0.39 is 0 Å². The number of nitrogens with zero attached hydrogens (tertiary/aromatic N) is 2. The molecule has 19 heavy (non-hydrogen) atoms. The third-order valence-corrected chi connectivity index (χ3v) is 4.56. The van der Waals surface area contributed by atoms with Crippen LogP contribution >= 0.6 is 0 Å². The molecule has 1 aromatic carbocycles. The molecule has 2 atom stereocenters. The molecule has 2 fully saturated rings. The lowest BCUT2D eigenvalue weighted by molar-refractivity contribution is 0.133. The average Bonchev–Trinajstić information content (AvgIpc) is 2.46. The van der Waals surface area contributed by atoms with Crippen LogP contribution in [0.2, 0.25) is 0 Å². The highest BCUT2D eigenvalue weighted by atomic mass is 16.3. The summed E-state index contributed by atoms with van der Waals surface area (Å²) >= 11 is 0. The maximum atomic E-state index is 9.93. The van der Waals surface area contributed by atoms with E-state index >= 15 is 0 Å². The van der Waals surface area contributed by atoms with Crippen molar-refractivity contribution in [3.63, 3.8) is 0 Å². The molecule has 0 spiro atoms. The van der Waals surface area contributed by atoms with Crippen LogP contribution in [0.25, 0.3) is 0 Å². The number of fused-ring (bicyclic) bond motifs is 1. The van der Waals surface area contributed by atoms with E-state index in [9.17, 15) is 5.11 Å². The second kappa shape index (κ2) is 5.51. The van der Waals surface area contributed by atoms with E-state index in [1.54, 1.807) is 0 Å². The van der Waals surface area contributed by atoms with Gasteiger partial charge < -0.3 is 10.0 Å². The monoisotopic (exact) mass is 260 g/mol. The van der Waals surface area contributed by atoms with Gasteiger partial charge in [0.1, 0.15) is 0 Å². The van der Waals surface area contributed by atoms with Crippen molar-refractivity contribution in [2.45, 2.75) is 38.3 Å². The highest BCUT2D eigenvalue weighted by Crippen LogP contribution is 2.30. The van der Waals surface area contributed by atoms with Crippen LogP contribution in [-0.2, 0) is 0 Å². The van der Waals surface area contributed by atoms with Gasteiger partial charge in [0.2, 0.25) is 0 Å². The van der Waals surface area contributed by atoms with E-state index in [0.717, 1.165) is 18.7 Å². The highest BCUT2D eigenvalue weighted by Gasteiger charge is 2.29. The molecule has 2 aliphatic rings. The molecule has 0 bridgehead atoms. The van der Waals surface area contributed by atoms with Crippen LogP contribution in [0.5, 0.6) is 0 Å². The number of para-hydroxylation sites is 1. The zero-order valence-electron chi connectivity index (χ0n) is 11.8. The molecular weight excluding hydrogens is 236 g/mol. The number of aliphatic hydroxyl groups is 1. The van der Waals surface area contributed by atoms with Gasteiger partial charge in [-0.3, -0.25) is 4.90 Å². The molecule has 1 unspecified atom stereocenters. The molecule has 2 heterocycles. The lowest BCUT2D eigenvalue weighted by Crippen LogP contribution is -2.55. The number of piperazine rings is 1. The molecule has 0 amide bonds. The van der Waals surface area contributed by atoms with Gasteiger partial charge in [-0.05, 0) is 32.4 Å². The van der Waals surface area contributed by atoms with Gasteiger partial charge in [-0.1, -0.05) is 24.6 Å². The Balaban J connectivity index is 1.79. The zero-order chi connectivity index (χ0) is 13.2. The van der Waals surface area contributed by atoms with Gasteiger partial charge in [-0.25, -0.2) is 0 Å². The number of anilines is 1. The first-order valence-corrected chi connectivity index (χ1v) is 7.51. The van der Waals surface area contributed by atoms with Crippen LogP contribution in [0.3, 0.4) is 0 Å². The number of aliphatic hydroxyl groups excluding tert-OH is 1. The second-order valence-electron chi connectivity index (χ2n) is 5.87. The van der Waals surface area contributed by atoms with Crippen molar-refractivity contribution in [3.8, 4) is 0 Å². The summed E-state index contributed by atoms with van der Waals surface area (Å²) in [5.74, 6) is 0. The summed E-state index contributed by atoms with van der Waals surface area (Å²) in [6.45, 7) is 6.50. The number of hydrogen-bond acceptors (Lipinski definition) is 3. The third kappa shape index (κ3) is 2.63. The van der Waals surface area contributed by atoms with E-state index in [0.29, 0.717) is 6.04 Å². The summed E-state index contributed by atoms with van der Waals surface area (Å²) in [4.78, 5) is 5.11. The standard InChI is InChI=1S/C16H24N2O/c1-13(19)15-7-2-3-8-16(15)18-11-10-17-9-5-4-6-14(17)12-18/h2-3,7-8,13-14,19H,4-6,9-12H2,1H3/t13-,14?/m0/s1. The van der Waals surface area contributed by atoms with Gasteiger partial charge in [0.05, 0.1) is 6.10 Å². The summed E-state index contributed by atoms with van der Waals surface area (Å²) < 4.78 is 0. The molecule has 3 nitrogen and oxygen atoms in total. The van der Waals surface area contributed by atoms with Gasteiger partial charge in [0, 0.05) is 36.9 Å². The van der Waals surface area contributed by atoms with Crippen LogP contribution in [0.1, 0.15) is 37.9 Å². The molecule has 3 rings (SSSR count). The molecule has 0 saturated carbocycles. The molecule has 2 aliphatic heterocycles. The molecule has 0 aliphatic carbocycles. The van der Waals surface area contributed by atoms with Crippen LogP contribution in [0, 0.1) is 0 Å². The SMILES string of the molecule is C[C@H](O)c1ccccc1N1CCN2CCCCC2C1. The number of piperidine rings is 1. The normalized spacial score (nSPS) is 26.0. The number of hydrogen-bond donors (Lipinski definition) is 1. The summed E-state index contributed by atoms with van der Waals surface area (Å²) in [6.07, 6.45) is 3.67. The Kier molecular flexibility index (Phi) is 3.76. The molecule has 3 heteroatoms. The Morgan fingerprint density at radius 2 is 2.00 bits per heavy atom. The Hall–Kier alpha value is -1.06. The Bertz CT molecular complexity index is 433. The molecule has 2 saturated heterocycles. The van der Waals surface area contributed by atoms with Crippen LogP contribution < -0.4 is 4.90 Å². The van der Waals surface area contributed by atoms with E-state index in [1.165, 1.54) is 38.0 Å². The first-order chi connectivity index (χ1) is 9.25. The third-order valence-electron chi connectivity index (χ3n) is 4.56. The zero-order valence-corrected chi connectivity index (χ0v) is 11.8. The van der Waals surface area contributed by atoms with Gasteiger partial charge >= 0.3 is 0 Å². The lowest BCUT2D eigenvalue weighted by Gasteiger charge is -2.45. The fourth-order valence-electron chi connectivity index (χ4n) is 3.50. The van der Waals surface area contributed by atoms with Crippen molar-refractivity contribution in [1.82, 2.24) is 4.90 Å². The van der Waals surface area contributed by atoms with Crippen molar-refractivity contribution in [2.24, 2.45) is 0 Å². The largest absolute Gasteiger partial charge is 0.389 e. The summed E-state index contributed by atoms with van der Waals surface area (Å²) in [5.41, 5.74) is 2.29. The average molecular weight is 260 g/mol. The first kappa shape index (κ1) is 12.9. The van der Waals surface area contributed by atoms with E-state index in [1.807, 2.05) is 19.1 Å². The predicted octanol–water partition coefficient (Wildman–Crippen LogP) is 2.41. The Morgan fingerprint density at radius 3 is 2.84 bits per heavy atom. The fourth-order valence-corrected chi connectivity index (χ4v) is 3.50. The topological polar surface area (TPSA) is 26.7 Å². The lowest BCUT2D eigenvalue weighted by atomic mass is 9.98. The van der Waals surface area contributed by atoms with Crippen LogP contribution in [0.4, 0.5) is 5.69 Å². The van der Waals surface area contributed by atoms with Crippen LogP contribution in [-0.4, -0.2) is 42.2 Å². The van der Waals surface area contributed by atoms with Crippen LogP contribution in [0.15, 0.2) is 24.3 Å². The second-order valence-corrected chi connectivity index (χ2v) is 5.87. The molecule has 104 valence electrons. The van der Waals surface area contributed by atoms with Gasteiger partial charge in [0.25, 0.3) is 0 Å². The smallest absolute Gasteiger partial charge is 0.0781 e. The van der Waals surface area contributed by atoms with E-state index in [4.69, 9.17) is 0 Å². The minimum Gasteiger partial charge on any atom is -0.389 e. The molecule has 0 aromatic heterocycles. The van der Waals surface area contributed by atoms with Gasteiger partial charge in [0.15, 0.2) is 0 Å². The highest BCUT2D eigenvalue weighted by molar-refractivity contribution is 5.55. The fraction of sp³-hybridized carbons (Fsp3) is 0.625. The van der Waals surface area contributed by atoms with E-state index in [-0.39, 0.29) is 6.10 Å². The number of benzene rings is 1. The quantitative estimate of drug-likeness (QED) is 0.884. The maximum Gasteiger partial charge on any atom is 0.0781 e. The molecule has 1 N–H and O–H groups in total. The van der Waals surface area contributed by atoms with Crippen molar-refractivity contribution in [1.29, 1.82) is 0 Å². The summed E-state index contributed by atoms with van der Waals surface area (Å²) in [6, 6.07) is 9.01. The molecule has 1 aromatic rings. The molecular formula is C16H24N2O. The summed E-state index contributed by atoms with van der Waals surface area (Å²) in [5, 5.41) is 9.93. The Labute approximate surface area is 115 Å². The minimum atomic E-state index is -0.388. The van der Waals surface area contributed by atoms with E-state index in [2.05, 4.69) is 21.9 Å². The van der Waals surface area contributed by atoms with Crippen molar-refractivity contribution < 1.29 is 5.11 Å². The summed E-state index contributed by atoms with van der Waals surface area (Å²) in [7, 11) is 0. The van der Waals surface area contributed by atoms with Gasteiger partial charge in [-0.15, -0.1) is 0 Å². The first-order valence-electron chi connectivity index (χ1n) is 7.51. The number of rotatable bonds is 2. The Morgan fingerprint density at radius 1 is 1.16 bits per heavy atom.